The molecule has 2 unspecified atom stereocenters. The molecule has 4 nitrogen and oxygen atoms in total. The standard InChI is InChI=1S/C14H18F3N3O/c1-9-8-18-6-5-12(9)20-13(21)19-11-4-2-3-10(7-11)14(15,16)17/h2-4,7,9,12,18H,5-6,8H2,1H3,(H2,19,20,21). The maximum absolute atomic E-state index is 12.6. The number of halogens is 3. The number of alkyl halides is 3. The van der Waals surface area contributed by atoms with Gasteiger partial charge in [0.2, 0.25) is 0 Å². The molecule has 116 valence electrons. The maximum atomic E-state index is 12.6. The monoisotopic (exact) mass is 301 g/mol. The molecule has 7 heteroatoms. The van der Waals surface area contributed by atoms with Gasteiger partial charge in [0, 0.05) is 11.7 Å². The molecule has 21 heavy (non-hydrogen) atoms. The molecule has 1 aliphatic rings. The van der Waals surface area contributed by atoms with E-state index in [1.165, 1.54) is 12.1 Å². The van der Waals surface area contributed by atoms with Gasteiger partial charge in [0.25, 0.3) is 0 Å². The first-order valence-corrected chi connectivity index (χ1v) is 6.82. The quantitative estimate of drug-likeness (QED) is 0.787. The molecule has 0 radical (unpaired) electrons. The third-order valence-electron chi connectivity index (χ3n) is 3.55. The zero-order valence-corrected chi connectivity index (χ0v) is 11.6. The second kappa shape index (κ2) is 6.34. The Hall–Kier alpha value is -1.76. The average molecular weight is 301 g/mol. The molecule has 1 heterocycles. The number of carbonyl (C=O) groups excluding carboxylic acids is 1. The molecule has 3 N–H and O–H groups in total. The Kier molecular flexibility index (Phi) is 4.72. The first-order valence-electron chi connectivity index (χ1n) is 6.82. The number of piperidine rings is 1. The van der Waals surface area contributed by atoms with Crippen LogP contribution in [0.1, 0.15) is 18.9 Å². The number of urea groups is 1. The van der Waals surface area contributed by atoms with Crippen molar-refractivity contribution in [2.45, 2.75) is 25.6 Å². The molecule has 1 saturated heterocycles. The van der Waals surface area contributed by atoms with Crippen molar-refractivity contribution in [2.24, 2.45) is 5.92 Å². The van der Waals surface area contributed by atoms with Crippen LogP contribution in [0.15, 0.2) is 24.3 Å². The molecule has 1 aliphatic heterocycles. The summed E-state index contributed by atoms with van der Waals surface area (Å²) in [5.74, 6) is 0.283. The average Bonchev–Trinajstić information content (AvgIpc) is 2.41. The van der Waals surface area contributed by atoms with Crippen LogP contribution < -0.4 is 16.0 Å². The van der Waals surface area contributed by atoms with Crippen molar-refractivity contribution in [2.75, 3.05) is 18.4 Å². The maximum Gasteiger partial charge on any atom is 0.416 e. The fraction of sp³-hybridized carbons (Fsp3) is 0.500. The number of anilines is 1. The third-order valence-corrected chi connectivity index (χ3v) is 3.55. The molecule has 2 atom stereocenters. The van der Waals surface area contributed by atoms with Gasteiger partial charge in [0.1, 0.15) is 0 Å². The van der Waals surface area contributed by atoms with E-state index in [1.54, 1.807) is 0 Å². The first-order chi connectivity index (χ1) is 9.86. The van der Waals surface area contributed by atoms with E-state index in [1.807, 2.05) is 6.92 Å². The minimum atomic E-state index is -4.42. The van der Waals surface area contributed by atoms with Gasteiger partial charge in [-0.3, -0.25) is 0 Å². The summed E-state index contributed by atoms with van der Waals surface area (Å²) < 4.78 is 37.8. The van der Waals surface area contributed by atoms with Gasteiger partial charge < -0.3 is 16.0 Å². The van der Waals surface area contributed by atoms with Crippen LogP contribution in [0.4, 0.5) is 23.7 Å². The normalized spacial score (nSPS) is 22.7. The van der Waals surface area contributed by atoms with Crippen molar-refractivity contribution in [3.05, 3.63) is 29.8 Å². The van der Waals surface area contributed by atoms with E-state index in [-0.39, 0.29) is 17.6 Å². The number of hydrogen-bond donors (Lipinski definition) is 3. The predicted octanol–water partition coefficient (Wildman–Crippen LogP) is 2.82. The zero-order chi connectivity index (χ0) is 15.5. The van der Waals surface area contributed by atoms with Gasteiger partial charge in [-0.05, 0) is 43.6 Å². The summed E-state index contributed by atoms with van der Waals surface area (Å²) in [6.45, 7) is 3.65. The Labute approximate surface area is 121 Å². The SMILES string of the molecule is CC1CNCCC1NC(=O)Nc1cccc(C(F)(F)F)c1. The molecule has 0 bridgehead atoms. The van der Waals surface area contributed by atoms with Gasteiger partial charge in [0.15, 0.2) is 0 Å². The van der Waals surface area contributed by atoms with E-state index in [0.717, 1.165) is 31.6 Å². The van der Waals surface area contributed by atoms with E-state index in [9.17, 15) is 18.0 Å². The molecule has 0 aliphatic carbocycles. The number of amides is 2. The van der Waals surface area contributed by atoms with Gasteiger partial charge in [-0.25, -0.2) is 4.79 Å². The van der Waals surface area contributed by atoms with Gasteiger partial charge in [-0.1, -0.05) is 13.0 Å². The topological polar surface area (TPSA) is 53.2 Å². The summed E-state index contributed by atoms with van der Waals surface area (Å²) in [7, 11) is 0. The van der Waals surface area contributed by atoms with E-state index in [2.05, 4.69) is 16.0 Å². The van der Waals surface area contributed by atoms with Crippen LogP contribution in [0.25, 0.3) is 0 Å². The van der Waals surface area contributed by atoms with Crippen molar-refractivity contribution in [3.63, 3.8) is 0 Å². The molecule has 1 aromatic carbocycles. The summed E-state index contributed by atoms with van der Waals surface area (Å²) in [5, 5.41) is 8.47. The predicted molar refractivity (Wildman–Crippen MR) is 74.0 cm³/mol. The van der Waals surface area contributed by atoms with Crippen LogP contribution in [0.2, 0.25) is 0 Å². The molecule has 0 spiro atoms. The molecule has 2 rings (SSSR count). The smallest absolute Gasteiger partial charge is 0.335 e. The van der Waals surface area contributed by atoms with Gasteiger partial charge in [-0.15, -0.1) is 0 Å². The van der Waals surface area contributed by atoms with Crippen molar-refractivity contribution in [3.8, 4) is 0 Å². The van der Waals surface area contributed by atoms with Crippen LogP contribution in [0.3, 0.4) is 0 Å². The lowest BCUT2D eigenvalue weighted by molar-refractivity contribution is -0.137. The van der Waals surface area contributed by atoms with E-state index in [4.69, 9.17) is 0 Å². The van der Waals surface area contributed by atoms with Crippen LogP contribution >= 0.6 is 0 Å². The van der Waals surface area contributed by atoms with Crippen LogP contribution in [-0.2, 0) is 6.18 Å². The lowest BCUT2D eigenvalue weighted by atomic mass is 9.95. The molecule has 1 fully saturated rings. The second-order valence-corrected chi connectivity index (χ2v) is 5.25. The van der Waals surface area contributed by atoms with Crippen LogP contribution in [-0.4, -0.2) is 25.2 Å². The van der Waals surface area contributed by atoms with Crippen molar-refractivity contribution in [1.82, 2.24) is 10.6 Å². The fourth-order valence-corrected chi connectivity index (χ4v) is 2.34. The summed E-state index contributed by atoms with van der Waals surface area (Å²) >= 11 is 0. The largest absolute Gasteiger partial charge is 0.416 e. The Morgan fingerprint density at radius 3 is 2.81 bits per heavy atom. The molecular formula is C14H18F3N3O. The minimum absolute atomic E-state index is 0.0250. The second-order valence-electron chi connectivity index (χ2n) is 5.25. The molecule has 2 amide bonds. The lowest BCUT2D eigenvalue weighted by Gasteiger charge is -2.30. The highest BCUT2D eigenvalue weighted by molar-refractivity contribution is 5.89. The summed E-state index contributed by atoms with van der Waals surface area (Å²) in [6.07, 6.45) is -3.62. The molecule has 0 saturated carbocycles. The number of rotatable bonds is 2. The molecule has 0 aromatic heterocycles. The fourth-order valence-electron chi connectivity index (χ4n) is 2.34. The van der Waals surface area contributed by atoms with Crippen LogP contribution in [0, 0.1) is 5.92 Å². The van der Waals surface area contributed by atoms with E-state index >= 15 is 0 Å². The Balaban J connectivity index is 1.96. The number of benzene rings is 1. The van der Waals surface area contributed by atoms with Gasteiger partial charge in [-0.2, -0.15) is 13.2 Å². The van der Waals surface area contributed by atoms with Crippen LogP contribution in [0.5, 0.6) is 0 Å². The summed E-state index contributed by atoms with van der Waals surface area (Å²) in [6, 6.07) is 4.14. The molecule has 1 aromatic rings. The van der Waals surface area contributed by atoms with Crippen molar-refractivity contribution < 1.29 is 18.0 Å². The number of hydrogen-bond acceptors (Lipinski definition) is 2. The van der Waals surface area contributed by atoms with E-state index < -0.39 is 17.8 Å². The summed E-state index contributed by atoms with van der Waals surface area (Å²) in [4.78, 5) is 11.9. The van der Waals surface area contributed by atoms with Crippen molar-refractivity contribution in [1.29, 1.82) is 0 Å². The zero-order valence-electron chi connectivity index (χ0n) is 11.6. The van der Waals surface area contributed by atoms with Crippen molar-refractivity contribution >= 4 is 11.7 Å². The highest BCUT2D eigenvalue weighted by Gasteiger charge is 2.30. The van der Waals surface area contributed by atoms with Gasteiger partial charge in [0.05, 0.1) is 5.56 Å². The highest BCUT2D eigenvalue weighted by atomic mass is 19.4. The molecular weight excluding hydrogens is 283 g/mol. The highest BCUT2D eigenvalue weighted by Crippen LogP contribution is 2.30. The first kappa shape index (κ1) is 15.6. The van der Waals surface area contributed by atoms with Gasteiger partial charge >= 0.3 is 12.2 Å². The Morgan fingerprint density at radius 1 is 1.38 bits per heavy atom. The summed E-state index contributed by atoms with van der Waals surface area (Å²) in [5.41, 5.74) is -0.653. The van der Waals surface area contributed by atoms with E-state index in [0.29, 0.717) is 0 Å². The third kappa shape index (κ3) is 4.35. The number of nitrogens with one attached hydrogen (secondary N) is 3. The number of carbonyl (C=O) groups is 1. The lowest BCUT2D eigenvalue weighted by Crippen LogP contribution is -2.49. The Bertz CT molecular complexity index is 504. The minimum Gasteiger partial charge on any atom is -0.335 e. The Morgan fingerprint density at radius 2 is 2.14 bits per heavy atom.